The molecule has 122 valence electrons. The van der Waals surface area contributed by atoms with Gasteiger partial charge in [0.05, 0.1) is 19.8 Å². The molecule has 1 heterocycles. The van der Waals surface area contributed by atoms with Crippen LogP contribution in [0.1, 0.15) is 56.1 Å². The highest BCUT2D eigenvalue weighted by atomic mass is 16.6. The van der Waals surface area contributed by atoms with Gasteiger partial charge >= 0.3 is 0 Å². The highest BCUT2D eigenvalue weighted by Crippen LogP contribution is 2.32. The van der Waals surface area contributed by atoms with Gasteiger partial charge in [0.1, 0.15) is 12.2 Å². The number of hydrogen-bond donors (Lipinski definition) is 0. The summed E-state index contributed by atoms with van der Waals surface area (Å²) in [5.41, 5.74) is 2.74. The number of rotatable bonds is 6. The van der Waals surface area contributed by atoms with E-state index in [9.17, 15) is 0 Å². The molecule has 0 N–H and O–H groups in total. The molecule has 1 aliphatic carbocycles. The molecular formula is C19H28O3. The molecule has 0 aromatic heterocycles. The summed E-state index contributed by atoms with van der Waals surface area (Å²) in [6.45, 7) is 4.66. The Balaban J connectivity index is 1.50. The number of benzene rings is 1. The smallest absolute Gasteiger partial charge is 0.110 e. The summed E-state index contributed by atoms with van der Waals surface area (Å²) in [5, 5.41) is 0. The Bertz CT molecular complexity index is 436. The zero-order chi connectivity index (χ0) is 15.2. The fourth-order valence-electron chi connectivity index (χ4n) is 3.57. The van der Waals surface area contributed by atoms with Gasteiger partial charge in [0, 0.05) is 6.61 Å². The Hall–Kier alpha value is -0.900. The predicted octanol–water partition coefficient (Wildman–Crippen LogP) is 4.05. The molecular weight excluding hydrogens is 276 g/mol. The summed E-state index contributed by atoms with van der Waals surface area (Å²) in [7, 11) is 0. The Morgan fingerprint density at radius 1 is 0.955 bits per heavy atom. The molecule has 3 heteroatoms. The van der Waals surface area contributed by atoms with Crippen molar-refractivity contribution in [3.05, 3.63) is 35.4 Å². The van der Waals surface area contributed by atoms with Gasteiger partial charge in [-0.15, -0.1) is 0 Å². The Morgan fingerprint density at radius 3 is 2.32 bits per heavy atom. The van der Waals surface area contributed by atoms with E-state index in [1.165, 1.54) is 43.2 Å². The molecule has 0 amide bonds. The molecule has 1 unspecified atom stereocenters. The summed E-state index contributed by atoms with van der Waals surface area (Å²) in [6, 6.07) is 9.02. The van der Waals surface area contributed by atoms with E-state index in [1.54, 1.807) is 0 Å². The summed E-state index contributed by atoms with van der Waals surface area (Å²) < 4.78 is 17.1. The second-order valence-electron chi connectivity index (χ2n) is 6.46. The molecule has 1 aromatic rings. The van der Waals surface area contributed by atoms with E-state index in [1.807, 2.05) is 6.92 Å². The Labute approximate surface area is 134 Å². The van der Waals surface area contributed by atoms with E-state index in [0.29, 0.717) is 26.4 Å². The minimum atomic E-state index is 0.0676. The highest BCUT2D eigenvalue weighted by molar-refractivity contribution is 5.25. The third kappa shape index (κ3) is 4.09. The van der Waals surface area contributed by atoms with Crippen molar-refractivity contribution < 1.29 is 14.2 Å². The normalized spacial score (nSPS) is 26.4. The average molecular weight is 304 g/mol. The summed E-state index contributed by atoms with van der Waals surface area (Å²) in [6.07, 6.45) is 7.04. The molecule has 1 aromatic carbocycles. The van der Waals surface area contributed by atoms with Crippen molar-refractivity contribution in [3.63, 3.8) is 0 Å². The number of ether oxygens (including phenoxy) is 3. The van der Waals surface area contributed by atoms with Gasteiger partial charge in [-0.1, -0.05) is 43.5 Å². The Morgan fingerprint density at radius 2 is 1.64 bits per heavy atom. The Kier molecular flexibility index (Phi) is 5.88. The minimum Gasteiger partial charge on any atom is -0.376 e. The standard InChI is InChI=1S/C19H28O3/c1-2-21-18-13-20-14-19(18)22-12-15-8-10-17(11-9-15)16-6-4-3-5-7-16/h8-11,16,18-19H,2-7,12-14H2,1H3/t18-,19?/m0/s1. The van der Waals surface area contributed by atoms with Crippen LogP contribution in [0.15, 0.2) is 24.3 Å². The first-order chi connectivity index (χ1) is 10.9. The maximum Gasteiger partial charge on any atom is 0.110 e. The lowest BCUT2D eigenvalue weighted by Gasteiger charge is -2.22. The molecule has 1 aliphatic heterocycles. The first-order valence-electron chi connectivity index (χ1n) is 8.76. The lowest BCUT2D eigenvalue weighted by molar-refractivity contribution is -0.0495. The minimum absolute atomic E-state index is 0.0676. The van der Waals surface area contributed by atoms with Crippen LogP contribution >= 0.6 is 0 Å². The predicted molar refractivity (Wildman–Crippen MR) is 87.1 cm³/mol. The maximum atomic E-state index is 5.99. The molecule has 2 atom stereocenters. The molecule has 0 radical (unpaired) electrons. The third-order valence-electron chi connectivity index (χ3n) is 4.88. The van der Waals surface area contributed by atoms with Crippen LogP contribution in [0.4, 0.5) is 0 Å². The zero-order valence-corrected chi connectivity index (χ0v) is 13.6. The van der Waals surface area contributed by atoms with E-state index < -0.39 is 0 Å². The van der Waals surface area contributed by atoms with Gasteiger partial charge in [-0.2, -0.15) is 0 Å². The highest BCUT2D eigenvalue weighted by Gasteiger charge is 2.29. The van der Waals surface area contributed by atoms with Crippen molar-refractivity contribution in [1.82, 2.24) is 0 Å². The maximum absolute atomic E-state index is 5.99. The van der Waals surface area contributed by atoms with Gasteiger partial charge in [-0.25, -0.2) is 0 Å². The van der Waals surface area contributed by atoms with Crippen molar-refractivity contribution in [1.29, 1.82) is 0 Å². The van der Waals surface area contributed by atoms with Crippen molar-refractivity contribution in [2.75, 3.05) is 19.8 Å². The van der Waals surface area contributed by atoms with E-state index in [4.69, 9.17) is 14.2 Å². The largest absolute Gasteiger partial charge is 0.376 e. The lowest BCUT2D eigenvalue weighted by atomic mass is 9.84. The van der Waals surface area contributed by atoms with Crippen LogP contribution < -0.4 is 0 Å². The second kappa shape index (κ2) is 8.09. The van der Waals surface area contributed by atoms with Gasteiger partial charge in [0.25, 0.3) is 0 Å². The van der Waals surface area contributed by atoms with Crippen LogP contribution in [0.5, 0.6) is 0 Å². The fourth-order valence-corrected chi connectivity index (χ4v) is 3.57. The molecule has 0 bridgehead atoms. The lowest BCUT2D eigenvalue weighted by Crippen LogP contribution is -2.29. The molecule has 1 saturated heterocycles. The molecule has 2 aliphatic rings. The molecule has 3 nitrogen and oxygen atoms in total. The van der Waals surface area contributed by atoms with E-state index in [0.717, 1.165) is 5.92 Å². The van der Waals surface area contributed by atoms with Crippen molar-refractivity contribution in [3.8, 4) is 0 Å². The van der Waals surface area contributed by atoms with E-state index in [2.05, 4.69) is 24.3 Å². The summed E-state index contributed by atoms with van der Waals surface area (Å²) in [4.78, 5) is 0. The monoisotopic (exact) mass is 304 g/mol. The van der Waals surface area contributed by atoms with Crippen LogP contribution in [0.3, 0.4) is 0 Å². The van der Waals surface area contributed by atoms with Gasteiger partial charge in [0.2, 0.25) is 0 Å². The van der Waals surface area contributed by atoms with Gasteiger partial charge < -0.3 is 14.2 Å². The fraction of sp³-hybridized carbons (Fsp3) is 0.684. The molecule has 0 spiro atoms. The molecule has 1 saturated carbocycles. The first kappa shape index (κ1) is 16.0. The molecule has 22 heavy (non-hydrogen) atoms. The molecule has 2 fully saturated rings. The van der Waals surface area contributed by atoms with Gasteiger partial charge in [-0.3, -0.25) is 0 Å². The van der Waals surface area contributed by atoms with E-state index in [-0.39, 0.29) is 12.2 Å². The second-order valence-corrected chi connectivity index (χ2v) is 6.46. The van der Waals surface area contributed by atoms with Crippen molar-refractivity contribution >= 4 is 0 Å². The van der Waals surface area contributed by atoms with Gasteiger partial charge in [0.15, 0.2) is 0 Å². The average Bonchev–Trinajstić information content (AvgIpc) is 3.02. The van der Waals surface area contributed by atoms with Crippen LogP contribution in [0.2, 0.25) is 0 Å². The van der Waals surface area contributed by atoms with Crippen LogP contribution in [0, 0.1) is 0 Å². The van der Waals surface area contributed by atoms with Crippen molar-refractivity contribution in [2.24, 2.45) is 0 Å². The molecule has 3 rings (SSSR count). The summed E-state index contributed by atoms with van der Waals surface area (Å²) in [5.74, 6) is 0.772. The van der Waals surface area contributed by atoms with E-state index >= 15 is 0 Å². The van der Waals surface area contributed by atoms with Crippen molar-refractivity contribution in [2.45, 2.75) is 63.8 Å². The quantitative estimate of drug-likeness (QED) is 0.793. The van der Waals surface area contributed by atoms with Crippen LogP contribution in [-0.2, 0) is 20.8 Å². The van der Waals surface area contributed by atoms with Crippen LogP contribution in [-0.4, -0.2) is 32.0 Å². The first-order valence-corrected chi connectivity index (χ1v) is 8.76. The summed E-state index contributed by atoms with van der Waals surface area (Å²) >= 11 is 0. The number of hydrogen-bond acceptors (Lipinski definition) is 3. The SMILES string of the molecule is CCO[C@H]1COCC1OCc1ccc(C2CCCCC2)cc1. The van der Waals surface area contributed by atoms with Gasteiger partial charge in [-0.05, 0) is 36.8 Å². The third-order valence-corrected chi connectivity index (χ3v) is 4.88. The van der Waals surface area contributed by atoms with Crippen LogP contribution in [0.25, 0.3) is 0 Å². The zero-order valence-electron chi connectivity index (χ0n) is 13.6. The topological polar surface area (TPSA) is 27.7 Å².